The minimum Gasteiger partial charge on any atom is -0.236 e. The molecule has 3 heterocycles. The molecule has 7 aromatic carbocycles. The molecule has 0 aliphatic rings. The zero-order valence-corrected chi connectivity index (χ0v) is 29.4. The Morgan fingerprint density at radius 2 is 0.846 bits per heavy atom. The molecule has 244 valence electrons. The van der Waals surface area contributed by atoms with E-state index in [-0.39, 0.29) is 0 Å². The lowest BCUT2D eigenvalue weighted by Gasteiger charge is -2.11. The van der Waals surface area contributed by atoms with Gasteiger partial charge in [0.25, 0.3) is 0 Å². The second-order valence-corrected chi connectivity index (χ2v) is 14.8. The molecule has 0 unspecified atom stereocenters. The van der Waals surface area contributed by atoms with Gasteiger partial charge in [-0.3, -0.25) is 0 Å². The van der Waals surface area contributed by atoms with Crippen LogP contribution in [-0.2, 0) is 0 Å². The first-order chi connectivity index (χ1) is 25.7. The summed E-state index contributed by atoms with van der Waals surface area (Å²) in [5.74, 6) is 1.94. The molecular formula is C46H28N4S2. The average Bonchev–Trinajstić information content (AvgIpc) is 3.84. The Morgan fingerprint density at radius 3 is 1.60 bits per heavy atom. The molecule has 10 rings (SSSR count). The first-order valence-corrected chi connectivity index (χ1v) is 18.8. The number of thiophene rings is 1. The molecule has 6 heteroatoms. The monoisotopic (exact) mass is 700 g/mol. The van der Waals surface area contributed by atoms with Crippen molar-refractivity contribution in [2.75, 3.05) is 0 Å². The number of hydrogen-bond donors (Lipinski definition) is 0. The van der Waals surface area contributed by atoms with E-state index in [2.05, 4.69) is 140 Å². The number of rotatable bonds is 6. The van der Waals surface area contributed by atoms with E-state index in [1.807, 2.05) is 30.3 Å². The van der Waals surface area contributed by atoms with Crippen LogP contribution in [0.15, 0.2) is 170 Å². The second kappa shape index (κ2) is 12.8. The molecular weight excluding hydrogens is 673 g/mol. The Labute approximate surface area is 308 Å². The molecule has 0 aliphatic carbocycles. The fraction of sp³-hybridized carbons (Fsp3) is 0. The minimum absolute atomic E-state index is 0.642. The van der Waals surface area contributed by atoms with Crippen LogP contribution in [0.5, 0.6) is 0 Å². The highest BCUT2D eigenvalue weighted by Crippen LogP contribution is 2.44. The van der Waals surface area contributed by atoms with E-state index < -0.39 is 0 Å². The maximum Gasteiger partial charge on any atom is 0.164 e. The van der Waals surface area contributed by atoms with Gasteiger partial charge in [-0.2, -0.15) is 0 Å². The van der Waals surface area contributed by atoms with Crippen LogP contribution in [0.1, 0.15) is 0 Å². The van der Waals surface area contributed by atoms with Crippen molar-refractivity contribution in [1.82, 2.24) is 19.9 Å². The Bertz CT molecular complexity index is 2860. The van der Waals surface area contributed by atoms with Gasteiger partial charge < -0.3 is 0 Å². The zero-order valence-electron chi connectivity index (χ0n) is 27.8. The Hall–Kier alpha value is -6.34. The van der Waals surface area contributed by atoms with E-state index in [1.54, 1.807) is 22.7 Å². The maximum atomic E-state index is 5.21. The average molecular weight is 701 g/mol. The van der Waals surface area contributed by atoms with Crippen LogP contribution in [-0.4, -0.2) is 19.9 Å². The molecule has 0 saturated heterocycles. The molecule has 0 bridgehead atoms. The van der Waals surface area contributed by atoms with Crippen molar-refractivity contribution in [2.24, 2.45) is 0 Å². The van der Waals surface area contributed by atoms with E-state index >= 15 is 0 Å². The van der Waals surface area contributed by atoms with Crippen molar-refractivity contribution in [3.05, 3.63) is 170 Å². The smallest absolute Gasteiger partial charge is 0.164 e. The number of para-hydroxylation sites is 1. The van der Waals surface area contributed by atoms with Gasteiger partial charge in [0, 0.05) is 42.4 Å². The van der Waals surface area contributed by atoms with Gasteiger partial charge in [-0.05, 0) is 52.6 Å². The summed E-state index contributed by atoms with van der Waals surface area (Å²) in [7, 11) is 0. The Morgan fingerprint density at radius 1 is 0.308 bits per heavy atom. The summed E-state index contributed by atoms with van der Waals surface area (Å²) in [5, 5.41) is 3.39. The van der Waals surface area contributed by atoms with Gasteiger partial charge in [0.2, 0.25) is 0 Å². The van der Waals surface area contributed by atoms with Gasteiger partial charge in [-0.1, -0.05) is 140 Å². The number of nitrogens with zero attached hydrogens (tertiary/aromatic N) is 4. The third-order valence-electron chi connectivity index (χ3n) is 9.40. The van der Waals surface area contributed by atoms with Gasteiger partial charge in [0.1, 0.15) is 5.01 Å². The summed E-state index contributed by atoms with van der Waals surface area (Å²) in [5.41, 5.74) is 9.64. The Balaban J connectivity index is 1.14. The van der Waals surface area contributed by atoms with Crippen LogP contribution >= 0.6 is 22.7 Å². The molecule has 0 N–H and O–H groups in total. The maximum absolute atomic E-state index is 5.21. The van der Waals surface area contributed by atoms with E-state index in [0.717, 1.165) is 54.9 Å². The predicted octanol–water partition coefficient (Wildman–Crippen LogP) is 12.9. The van der Waals surface area contributed by atoms with E-state index in [1.165, 1.54) is 25.0 Å². The minimum atomic E-state index is 0.642. The highest BCUT2D eigenvalue weighted by molar-refractivity contribution is 7.26. The van der Waals surface area contributed by atoms with E-state index in [9.17, 15) is 0 Å². The van der Waals surface area contributed by atoms with Crippen molar-refractivity contribution in [3.8, 4) is 67.0 Å². The van der Waals surface area contributed by atoms with Gasteiger partial charge in [0.05, 0.1) is 10.2 Å². The van der Waals surface area contributed by atoms with Gasteiger partial charge in [-0.15, -0.1) is 22.7 Å². The molecule has 0 fully saturated rings. The highest BCUT2D eigenvalue weighted by Gasteiger charge is 2.19. The number of aromatic nitrogens is 4. The molecule has 0 aliphatic heterocycles. The lowest BCUT2D eigenvalue weighted by molar-refractivity contribution is 1.08. The van der Waals surface area contributed by atoms with Crippen LogP contribution in [0.2, 0.25) is 0 Å². The SMILES string of the molecule is c1ccc(-c2cccc(-c3nc(-c4ccccc4)nc(-c4cccc5sc6cccc(-c7ccc(-c8nc9ccccc9s8)cc7)c6c45)n3)c2)cc1. The largest absolute Gasteiger partial charge is 0.236 e. The van der Waals surface area contributed by atoms with Crippen LogP contribution < -0.4 is 0 Å². The highest BCUT2D eigenvalue weighted by atomic mass is 32.1. The van der Waals surface area contributed by atoms with Crippen molar-refractivity contribution in [2.45, 2.75) is 0 Å². The van der Waals surface area contributed by atoms with Gasteiger partial charge in [0.15, 0.2) is 17.5 Å². The topological polar surface area (TPSA) is 51.6 Å². The van der Waals surface area contributed by atoms with E-state index in [0.29, 0.717) is 17.5 Å². The van der Waals surface area contributed by atoms with Crippen LogP contribution in [0.4, 0.5) is 0 Å². The normalized spacial score (nSPS) is 11.5. The molecule has 0 spiro atoms. The number of thiazole rings is 1. The molecule has 0 atom stereocenters. The molecule has 0 radical (unpaired) electrons. The fourth-order valence-corrected chi connectivity index (χ4v) is 9.02. The number of fused-ring (bicyclic) bond motifs is 4. The second-order valence-electron chi connectivity index (χ2n) is 12.6. The van der Waals surface area contributed by atoms with Crippen LogP contribution in [0.25, 0.3) is 97.4 Å². The van der Waals surface area contributed by atoms with Gasteiger partial charge in [-0.25, -0.2) is 19.9 Å². The third kappa shape index (κ3) is 5.46. The lowest BCUT2D eigenvalue weighted by Crippen LogP contribution is -2.00. The quantitative estimate of drug-likeness (QED) is 0.173. The molecule has 0 saturated carbocycles. The number of benzene rings is 7. The first-order valence-electron chi connectivity index (χ1n) is 17.1. The van der Waals surface area contributed by atoms with Crippen LogP contribution in [0, 0.1) is 0 Å². The summed E-state index contributed by atoms with van der Waals surface area (Å²) in [4.78, 5) is 20.3. The summed E-state index contributed by atoms with van der Waals surface area (Å²) in [6.45, 7) is 0. The fourth-order valence-electron chi connectivity index (χ4n) is 6.89. The molecule has 3 aromatic heterocycles. The molecule has 10 aromatic rings. The van der Waals surface area contributed by atoms with Gasteiger partial charge >= 0.3 is 0 Å². The first kappa shape index (κ1) is 30.5. The summed E-state index contributed by atoms with van der Waals surface area (Å²) < 4.78 is 3.62. The summed E-state index contributed by atoms with van der Waals surface area (Å²) in [6.07, 6.45) is 0. The molecule has 0 amide bonds. The zero-order chi connectivity index (χ0) is 34.4. The van der Waals surface area contributed by atoms with Crippen LogP contribution in [0.3, 0.4) is 0 Å². The van der Waals surface area contributed by atoms with Crippen molar-refractivity contribution < 1.29 is 0 Å². The predicted molar refractivity (Wildman–Crippen MR) is 219 cm³/mol. The summed E-state index contributed by atoms with van der Waals surface area (Å²) >= 11 is 3.53. The Kier molecular flexibility index (Phi) is 7.48. The molecule has 52 heavy (non-hydrogen) atoms. The van der Waals surface area contributed by atoms with E-state index in [4.69, 9.17) is 19.9 Å². The number of hydrogen-bond acceptors (Lipinski definition) is 6. The lowest BCUT2D eigenvalue weighted by atomic mass is 9.96. The van der Waals surface area contributed by atoms with Crippen molar-refractivity contribution >= 4 is 53.1 Å². The standard InChI is InChI=1S/C46H28N4S2/c1-3-12-29(13-4-1)33-16-9-17-34(28-33)44-48-43(31-14-5-2-6-15-31)49-45(50-44)36-19-11-23-40-42(36)41-35(18-10-22-39(41)51-40)30-24-26-32(27-25-30)46-47-37-20-7-8-21-38(37)52-46/h1-28H. The van der Waals surface area contributed by atoms with Crippen molar-refractivity contribution in [1.29, 1.82) is 0 Å². The summed E-state index contributed by atoms with van der Waals surface area (Å²) in [6, 6.07) is 59.2. The third-order valence-corrected chi connectivity index (χ3v) is 11.6. The molecule has 4 nitrogen and oxygen atoms in total. The van der Waals surface area contributed by atoms with Crippen molar-refractivity contribution in [3.63, 3.8) is 0 Å².